The minimum atomic E-state index is -0.196. The van der Waals surface area contributed by atoms with Crippen molar-refractivity contribution in [3.63, 3.8) is 0 Å². The van der Waals surface area contributed by atoms with Crippen LogP contribution in [0.25, 0.3) is 0 Å². The number of likely N-dealkylation sites (N-methyl/N-ethyl adjacent to an activating group) is 1. The van der Waals surface area contributed by atoms with Crippen LogP contribution in [-0.4, -0.2) is 64.2 Å². The van der Waals surface area contributed by atoms with Gasteiger partial charge in [0.2, 0.25) is 5.91 Å². The first-order valence-corrected chi connectivity index (χ1v) is 8.17. The molecule has 1 aliphatic heterocycles. The Bertz CT molecular complexity index is 654. The predicted octanol–water partition coefficient (Wildman–Crippen LogP) is 0.992. The fourth-order valence-corrected chi connectivity index (χ4v) is 2.65. The molecule has 1 saturated heterocycles. The van der Waals surface area contributed by atoms with Crippen LogP contribution in [0.1, 0.15) is 30.4 Å². The third kappa shape index (κ3) is 4.01. The number of carbonyl (C=O) groups excluding carboxylic acids is 1. The smallest absolute Gasteiger partial charge is 0.236 e. The number of nitrogens with one attached hydrogen (secondary N) is 1. The largest absolute Gasteiger partial charge is 0.467 e. The number of rotatable bonds is 6. The Morgan fingerprint density at radius 3 is 3.12 bits per heavy atom. The molecule has 0 bridgehead atoms. The van der Waals surface area contributed by atoms with E-state index in [1.54, 1.807) is 18.2 Å². The molecule has 3 heterocycles. The van der Waals surface area contributed by atoms with Crippen molar-refractivity contribution in [2.75, 3.05) is 33.3 Å². The molecule has 24 heavy (non-hydrogen) atoms. The van der Waals surface area contributed by atoms with Crippen molar-refractivity contribution in [3.05, 3.63) is 35.8 Å². The highest BCUT2D eigenvalue weighted by atomic mass is 16.5. The van der Waals surface area contributed by atoms with Gasteiger partial charge >= 0.3 is 0 Å². The molecule has 1 N–H and O–H groups in total. The second-order valence-corrected chi connectivity index (χ2v) is 5.92. The van der Waals surface area contributed by atoms with E-state index >= 15 is 0 Å². The molecule has 2 aromatic rings. The van der Waals surface area contributed by atoms with Crippen LogP contribution in [0.3, 0.4) is 0 Å². The number of carbonyl (C=O) groups is 1. The monoisotopic (exact) mass is 333 g/mol. The van der Waals surface area contributed by atoms with Crippen molar-refractivity contribution >= 4 is 5.91 Å². The van der Waals surface area contributed by atoms with Gasteiger partial charge in [0.1, 0.15) is 17.7 Å². The summed E-state index contributed by atoms with van der Waals surface area (Å²) in [4.78, 5) is 20.6. The summed E-state index contributed by atoms with van der Waals surface area (Å²) in [5.74, 6) is 2.34. The number of aromatic amines is 1. The van der Waals surface area contributed by atoms with Gasteiger partial charge in [0.15, 0.2) is 5.82 Å². The highest BCUT2D eigenvalue weighted by Gasteiger charge is 2.27. The zero-order chi connectivity index (χ0) is 16.9. The number of aromatic nitrogens is 3. The lowest BCUT2D eigenvalue weighted by Crippen LogP contribution is -2.44. The number of hydrogen-bond acceptors (Lipinski definition) is 6. The maximum absolute atomic E-state index is 12.4. The van der Waals surface area contributed by atoms with Gasteiger partial charge in [-0.2, -0.15) is 5.10 Å². The molecule has 0 radical (unpaired) electrons. The average Bonchev–Trinajstić information content (AvgIpc) is 3.26. The summed E-state index contributed by atoms with van der Waals surface area (Å²) in [5.41, 5.74) is 0. The number of hydrogen-bond donors (Lipinski definition) is 1. The van der Waals surface area contributed by atoms with Crippen molar-refractivity contribution in [2.24, 2.45) is 0 Å². The number of ether oxygens (including phenoxy) is 1. The zero-order valence-corrected chi connectivity index (χ0v) is 14.1. The number of furan rings is 1. The third-order valence-corrected chi connectivity index (χ3v) is 4.08. The molecular formula is C16H23N5O3. The van der Waals surface area contributed by atoms with Gasteiger partial charge in [-0.25, -0.2) is 4.98 Å². The first-order chi connectivity index (χ1) is 11.7. The van der Waals surface area contributed by atoms with Crippen LogP contribution in [0.2, 0.25) is 0 Å². The molecule has 1 amide bonds. The summed E-state index contributed by atoms with van der Waals surface area (Å²) < 4.78 is 11.0. The fourth-order valence-electron chi connectivity index (χ4n) is 2.65. The standard InChI is InChI=1S/C16H23N5O3/c1-3-14-17-16(19-18-14)13-10-21(6-8-24-13)11-15(22)20(2)9-12-5-4-7-23-12/h4-5,7,13H,3,6,8-11H2,1-2H3,(H,17,18,19)/t13-/m1/s1. The second-order valence-electron chi connectivity index (χ2n) is 5.92. The highest BCUT2D eigenvalue weighted by Crippen LogP contribution is 2.19. The fraction of sp³-hybridized carbons (Fsp3) is 0.562. The number of nitrogens with zero attached hydrogens (tertiary/aromatic N) is 4. The van der Waals surface area contributed by atoms with E-state index in [-0.39, 0.29) is 12.0 Å². The van der Waals surface area contributed by atoms with Crippen molar-refractivity contribution in [1.82, 2.24) is 25.0 Å². The zero-order valence-electron chi connectivity index (χ0n) is 14.1. The van der Waals surface area contributed by atoms with E-state index in [9.17, 15) is 4.79 Å². The molecule has 130 valence electrons. The minimum absolute atomic E-state index is 0.0521. The van der Waals surface area contributed by atoms with Crippen LogP contribution in [0, 0.1) is 0 Å². The predicted molar refractivity (Wildman–Crippen MR) is 86.1 cm³/mol. The van der Waals surface area contributed by atoms with Crippen LogP contribution >= 0.6 is 0 Å². The third-order valence-electron chi connectivity index (χ3n) is 4.08. The molecule has 0 spiro atoms. The van der Waals surface area contributed by atoms with E-state index in [1.807, 2.05) is 19.1 Å². The van der Waals surface area contributed by atoms with Crippen molar-refractivity contribution in [1.29, 1.82) is 0 Å². The molecule has 2 aromatic heterocycles. The van der Waals surface area contributed by atoms with E-state index in [4.69, 9.17) is 9.15 Å². The lowest BCUT2D eigenvalue weighted by Gasteiger charge is -2.32. The first kappa shape index (κ1) is 16.7. The maximum atomic E-state index is 12.4. The van der Waals surface area contributed by atoms with Gasteiger partial charge in [0.25, 0.3) is 0 Å². The molecule has 1 aliphatic rings. The Morgan fingerprint density at radius 2 is 2.42 bits per heavy atom. The number of aryl methyl sites for hydroxylation is 1. The number of morpholine rings is 1. The minimum Gasteiger partial charge on any atom is -0.467 e. The second kappa shape index (κ2) is 7.59. The summed E-state index contributed by atoms with van der Waals surface area (Å²) in [7, 11) is 1.78. The summed E-state index contributed by atoms with van der Waals surface area (Å²) in [6, 6.07) is 3.69. The summed E-state index contributed by atoms with van der Waals surface area (Å²) in [6.45, 7) is 4.74. The molecule has 8 nitrogen and oxygen atoms in total. The average molecular weight is 333 g/mol. The molecule has 1 fully saturated rings. The van der Waals surface area contributed by atoms with E-state index < -0.39 is 0 Å². The van der Waals surface area contributed by atoms with Crippen LogP contribution in [0.5, 0.6) is 0 Å². The quantitative estimate of drug-likeness (QED) is 0.848. The Morgan fingerprint density at radius 1 is 1.54 bits per heavy atom. The SMILES string of the molecule is CCc1nc([C@H]2CN(CC(=O)N(C)Cc3ccco3)CCO2)n[nH]1. The molecule has 1 atom stereocenters. The van der Waals surface area contributed by atoms with Gasteiger partial charge in [0.05, 0.1) is 26.0 Å². The van der Waals surface area contributed by atoms with Crippen LogP contribution in [0.15, 0.2) is 22.8 Å². The summed E-state index contributed by atoms with van der Waals surface area (Å²) in [6.07, 6.45) is 2.22. The van der Waals surface area contributed by atoms with Gasteiger partial charge in [-0.15, -0.1) is 0 Å². The summed E-state index contributed by atoms with van der Waals surface area (Å²) >= 11 is 0. The van der Waals surface area contributed by atoms with Crippen LogP contribution in [0.4, 0.5) is 0 Å². The lowest BCUT2D eigenvalue weighted by molar-refractivity contribution is -0.134. The number of amides is 1. The van der Waals surface area contributed by atoms with Crippen LogP contribution < -0.4 is 0 Å². The molecule has 8 heteroatoms. The lowest BCUT2D eigenvalue weighted by atomic mass is 10.2. The first-order valence-electron chi connectivity index (χ1n) is 8.17. The van der Waals surface area contributed by atoms with Crippen LogP contribution in [-0.2, 0) is 22.5 Å². The Hall–Kier alpha value is -2.19. The maximum Gasteiger partial charge on any atom is 0.236 e. The number of H-pyrrole nitrogens is 1. The Kier molecular flexibility index (Phi) is 5.27. The van der Waals surface area contributed by atoms with Gasteiger partial charge in [-0.1, -0.05) is 6.92 Å². The van der Waals surface area contributed by atoms with E-state index in [0.717, 1.165) is 24.6 Å². The van der Waals surface area contributed by atoms with Gasteiger partial charge < -0.3 is 14.1 Å². The molecule has 3 rings (SSSR count). The van der Waals surface area contributed by atoms with Gasteiger partial charge in [0, 0.05) is 26.6 Å². The topological polar surface area (TPSA) is 87.5 Å². The molecular weight excluding hydrogens is 310 g/mol. The summed E-state index contributed by atoms with van der Waals surface area (Å²) in [5, 5.41) is 7.12. The molecule has 0 aromatic carbocycles. The van der Waals surface area contributed by atoms with Crippen molar-refractivity contribution in [3.8, 4) is 0 Å². The van der Waals surface area contributed by atoms with Gasteiger partial charge in [-0.05, 0) is 12.1 Å². The van der Waals surface area contributed by atoms with E-state index in [1.165, 1.54) is 0 Å². The Labute approximate surface area is 140 Å². The molecule has 0 saturated carbocycles. The Balaban J connectivity index is 1.53. The van der Waals surface area contributed by atoms with E-state index in [0.29, 0.717) is 32.1 Å². The molecule has 0 unspecified atom stereocenters. The molecule has 0 aliphatic carbocycles. The highest BCUT2D eigenvalue weighted by molar-refractivity contribution is 5.77. The van der Waals surface area contributed by atoms with Crippen molar-refractivity contribution in [2.45, 2.75) is 26.0 Å². The van der Waals surface area contributed by atoms with Crippen molar-refractivity contribution < 1.29 is 13.9 Å². The normalized spacial score (nSPS) is 18.7. The van der Waals surface area contributed by atoms with Gasteiger partial charge in [-0.3, -0.25) is 14.8 Å². The van der Waals surface area contributed by atoms with E-state index in [2.05, 4.69) is 20.1 Å².